The molecular formula is C17H23ClN2OS. The molecule has 1 aromatic heterocycles. The number of hydrogen-bond acceptors (Lipinski definition) is 3. The van der Waals surface area contributed by atoms with Crippen molar-refractivity contribution in [1.82, 2.24) is 9.47 Å². The largest absolute Gasteiger partial charge is 0.307 e. The molecule has 1 atom stereocenters. The van der Waals surface area contributed by atoms with Gasteiger partial charge in [-0.1, -0.05) is 55.0 Å². The van der Waals surface area contributed by atoms with E-state index in [1.807, 2.05) is 35.1 Å². The lowest BCUT2D eigenvalue weighted by atomic mass is 9.94. The summed E-state index contributed by atoms with van der Waals surface area (Å²) in [5.41, 5.74) is 2.18. The molecule has 0 bridgehead atoms. The Balaban J connectivity index is 2.16. The van der Waals surface area contributed by atoms with E-state index in [2.05, 4.69) is 31.9 Å². The van der Waals surface area contributed by atoms with Gasteiger partial charge in [-0.3, -0.25) is 9.69 Å². The SMILES string of the molecule is Cc1csc(=O)n1CCN(C)C(c1ccccc1Cl)C(C)C. The van der Waals surface area contributed by atoms with Crippen molar-refractivity contribution in [2.45, 2.75) is 33.4 Å². The van der Waals surface area contributed by atoms with Gasteiger partial charge in [-0.25, -0.2) is 0 Å². The maximum Gasteiger partial charge on any atom is 0.307 e. The van der Waals surface area contributed by atoms with Gasteiger partial charge in [0.15, 0.2) is 0 Å². The first kappa shape index (κ1) is 17.3. The number of likely N-dealkylation sites (N-methyl/N-ethyl adjacent to an activating group) is 1. The zero-order valence-corrected chi connectivity index (χ0v) is 15.1. The molecule has 0 aliphatic carbocycles. The van der Waals surface area contributed by atoms with E-state index in [0.29, 0.717) is 12.5 Å². The van der Waals surface area contributed by atoms with E-state index >= 15 is 0 Å². The van der Waals surface area contributed by atoms with Gasteiger partial charge in [0, 0.05) is 35.2 Å². The Morgan fingerprint density at radius 3 is 2.55 bits per heavy atom. The van der Waals surface area contributed by atoms with Crippen LogP contribution in [-0.4, -0.2) is 23.1 Å². The molecule has 3 nitrogen and oxygen atoms in total. The molecular weight excluding hydrogens is 316 g/mol. The minimum atomic E-state index is 0.116. The Hall–Kier alpha value is -1.10. The first-order valence-corrected chi connectivity index (χ1v) is 8.77. The van der Waals surface area contributed by atoms with Crippen molar-refractivity contribution in [1.29, 1.82) is 0 Å². The van der Waals surface area contributed by atoms with Crippen molar-refractivity contribution < 1.29 is 0 Å². The normalized spacial score (nSPS) is 13.0. The molecule has 0 saturated heterocycles. The van der Waals surface area contributed by atoms with Gasteiger partial charge >= 0.3 is 4.87 Å². The van der Waals surface area contributed by atoms with Crippen LogP contribution in [0.4, 0.5) is 0 Å². The fourth-order valence-electron chi connectivity index (χ4n) is 2.89. The lowest BCUT2D eigenvalue weighted by molar-refractivity contribution is 0.186. The van der Waals surface area contributed by atoms with E-state index in [4.69, 9.17) is 11.6 Å². The second-order valence-electron chi connectivity index (χ2n) is 5.99. The highest BCUT2D eigenvalue weighted by Crippen LogP contribution is 2.32. The molecule has 0 saturated carbocycles. The summed E-state index contributed by atoms with van der Waals surface area (Å²) >= 11 is 7.64. The summed E-state index contributed by atoms with van der Waals surface area (Å²) in [5, 5.41) is 2.72. The number of aryl methyl sites for hydroxylation is 1. The molecule has 0 radical (unpaired) electrons. The molecule has 0 spiro atoms. The number of benzene rings is 1. The minimum Gasteiger partial charge on any atom is -0.302 e. The van der Waals surface area contributed by atoms with E-state index < -0.39 is 0 Å². The van der Waals surface area contributed by atoms with Crippen LogP contribution < -0.4 is 4.87 Å². The van der Waals surface area contributed by atoms with Crippen LogP contribution in [0.15, 0.2) is 34.4 Å². The highest BCUT2D eigenvalue weighted by molar-refractivity contribution is 7.07. The minimum absolute atomic E-state index is 0.116. The van der Waals surface area contributed by atoms with Gasteiger partial charge in [0.1, 0.15) is 0 Å². The van der Waals surface area contributed by atoms with Crippen LogP contribution in [0.3, 0.4) is 0 Å². The fourth-order valence-corrected chi connectivity index (χ4v) is 3.90. The lowest BCUT2D eigenvalue weighted by Crippen LogP contribution is -2.33. The third-order valence-electron chi connectivity index (χ3n) is 3.98. The fraction of sp³-hybridized carbons (Fsp3) is 0.471. The summed E-state index contributed by atoms with van der Waals surface area (Å²) in [6.07, 6.45) is 0. The number of hydrogen-bond donors (Lipinski definition) is 0. The first-order chi connectivity index (χ1) is 10.4. The van der Waals surface area contributed by atoms with E-state index in [1.165, 1.54) is 11.3 Å². The number of rotatable bonds is 6. The van der Waals surface area contributed by atoms with Crippen molar-refractivity contribution in [3.05, 3.63) is 55.6 Å². The van der Waals surface area contributed by atoms with Crippen LogP contribution in [0.5, 0.6) is 0 Å². The Labute approximate surface area is 141 Å². The quantitative estimate of drug-likeness (QED) is 0.788. The first-order valence-electron chi connectivity index (χ1n) is 7.51. The summed E-state index contributed by atoms with van der Waals surface area (Å²) in [6.45, 7) is 7.90. The molecule has 1 unspecified atom stereocenters. The third-order valence-corrected chi connectivity index (χ3v) is 5.21. The second kappa shape index (κ2) is 7.44. The van der Waals surface area contributed by atoms with Crippen LogP contribution in [0.25, 0.3) is 0 Å². The van der Waals surface area contributed by atoms with Crippen LogP contribution >= 0.6 is 22.9 Å². The summed E-state index contributed by atoms with van der Waals surface area (Å²) in [7, 11) is 2.10. The predicted molar refractivity (Wildman–Crippen MR) is 95.0 cm³/mol. The van der Waals surface area contributed by atoms with Gasteiger partial charge in [0.25, 0.3) is 0 Å². The van der Waals surface area contributed by atoms with Crippen molar-refractivity contribution in [3.8, 4) is 0 Å². The Morgan fingerprint density at radius 1 is 1.32 bits per heavy atom. The topological polar surface area (TPSA) is 25.2 Å². The second-order valence-corrected chi connectivity index (χ2v) is 7.21. The van der Waals surface area contributed by atoms with E-state index in [-0.39, 0.29) is 10.9 Å². The standard InChI is InChI=1S/C17H23ClN2OS/c1-12(2)16(14-7-5-6-8-15(14)18)19(4)9-10-20-13(3)11-22-17(20)21/h5-8,11-12,16H,9-10H2,1-4H3. The molecule has 0 aliphatic rings. The monoisotopic (exact) mass is 338 g/mol. The van der Waals surface area contributed by atoms with Crippen molar-refractivity contribution in [2.75, 3.05) is 13.6 Å². The molecule has 0 aliphatic heterocycles. The maximum atomic E-state index is 11.8. The molecule has 0 amide bonds. The molecule has 2 aromatic rings. The molecule has 120 valence electrons. The molecule has 1 heterocycles. The zero-order chi connectivity index (χ0) is 16.3. The highest BCUT2D eigenvalue weighted by Gasteiger charge is 2.22. The van der Waals surface area contributed by atoms with Gasteiger partial charge in [0.05, 0.1) is 0 Å². The number of halogens is 1. The predicted octanol–water partition coefficient (Wildman–Crippen LogP) is 4.20. The summed E-state index contributed by atoms with van der Waals surface area (Å²) in [5.74, 6) is 0.435. The highest BCUT2D eigenvalue weighted by atomic mass is 35.5. The summed E-state index contributed by atoms with van der Waals surface area (Å²) in [6, 6.07) is 8.25. The summed E-state index contributed by atoms with van der Waals surface area (Å²) in [4.78, 5) is 14.2. The molecule has 22 heavy (non-hydrogen) atoms. The van der Waals surface area contributed by atoms with Gasteiger partial charge in [-0.2, -0.15) is 0 Å². The van der Waals surface area contributed by atoms with Gasteiger partial charge in [-0.15, -0.1) is 0 Å². The summed E-state index contributed by atoms with van der Waals surface area (Å²) < 4.78 is 1.84. The smallest absolute Gasteiger partial charge is 0.302 e. The lowest BCUT2D eigenvalue weighted by Gasteiger charge is -2.32. The van der Waals surface area contributed by atoms with Gasteiger partial charge < -0.3 is 4.57 Å². The van der Waals surface area contributed by atoms with Crippen LogP contribution in [0.2, 0.25) is 5.02 Å². The van der Waals surface area contributed by atoms with E-state index in [0.717, 1.165) is 22.8 Å². The third kappa shape index (κ3) is 3.80. The van der Waals surface area contributed by atoms with Crippen LogP contribution in [0, 0.1) is 12.8 Å². The maximum absolute atomic E-state index is 11.8. The van der Waals surface area contributed by atoms with Crippen molar-refractivity contribution >= 4 is 22.9 Å². The number of nitrogens with zero attached hydrogens (tertiary/aromatic N) is 2. The molecule has 2 rings (SSSR count). The Kier molecular flexibility index (Phi) is 5.84. The van der Waals surface area contributed by atoms with Crippen LogP contribution in [-0.2, 0) is 6.54 Å². The Morgan fingerprint density at radius 2 is 2.00 bits per heavy atom. The molecule has 5 heteroatoms. The number of aromatic nitrogens is 1. The van der Waals surface area contributed by atoms with Crippen LogP contribution in [0.1, 0.15) is 31.1 Å². The van der Waals surface area contributed by atoms with E-state index in [9.17, 15) is 4.79 Å². The average Bonchev–Trinajstić information content (AvgIpc) is 2.78. The number of thiazole rings is 1. The molecule has 0 fully saturated rings. The zero-order valence-electron chi connectivity index (χ0n) is 13.5. The van der Waals surface area contributed by atoms with E-state index in [1.54, 1.807) is 0 Å². The average molecular weight is 339 g/mol. The molecule has 0 N–H and O–H groups in total. The van der Waals surface area contributed by atoms with Crippen molar-refractivity contribution in [3.63, 3.8) is 0 Å². The van der Waals surface area contributed by atoms with Crippen molar-refractivity contribution in [2.24, 2.45) is 5.92 Å². The Bertz CT molecular complexity index is 677. The van der Waals surface area contributed by atoms with Gasteiger partial charge in [0.2, 0.25) is 0 Å². The van der Waals surface area contributed by atoms with Gasteiger partial charge in [-0.05, 0) is 31.5 Å². The molecule has 1 aromatic carbocycles.